The number of carboxylic acids is 1. The average Bonchev–Trinajstić information content (AvgIpc) is 3.30. The summed E-state index contributed by atoms with van der Waals surface area (Å²) in [7, 11) is 0. The molecule has 2 fully saturated rings. The van der Waals surface area contributed by atoms with E-state index in [1.165, 1.54) is 22.4 Å². The molecule has 2 aliphatic rings. The molecule has 150 valence electrons. The number of aromatic nitrogens is 2. The van der Waals surface area contributed by atoms with Crippen molar-refractivity contribution in [3.63, 3.8) is 0 Å². The minimum atomic E-state index is -1.37. The van der Waals surface area contributed by atoms with Gasteiger partial charge in [-0.25, -0.2) is 9.78 Å². The zero-order chi connectivity index (χ0) is 20.6. The van der Waals surface area contributed by atoms with Gasteiger partial charge in [-0.15, -0.1) is 11.3 Å². The number of anilines is 1. The number of carboxylic acid groups (broad SMARTS) is 1. The number of pyridine rings is 1. The fraction of sp³-hybridized carbons (Fsp3) is 0.316. The van der Waals surface area contributed by atoms with Gasteiger partial charge < -0.3 is 19.5 Å². The van der Waals surface area contributed by atoms with E-state index in [1.54, 1.807) is 42.8 Å². The summed E-state index contributed by atoms with van der Waals surface area (Å²) in [5.41, 5.74) is 0.123. The van der Waals surface area contributed by atoms with Crippen LogP contribution in [0.15, 0.2) is 41.5 Å². The van der Waals surface area contributed by atoms with Gasteiger partial charge in [0.2, 0.25) is 0 Å². The van der Waals surface area contributed by atoms with E-state index in [0.717, 1.165) is 0 Å². The molecule has 0 bridgehead atoms. The van der Waals surface area contributed by atoms with Gasteiger partial charge in [-0.3, -0.25) is 15.1 Å². The third-order valence-electron chi connectivity index (χ3n) is 5.16. The third-order valence-corrected chi connectivity index (χ3v) is 5.85. The van der Waals surface area contributed by atoms with Crippen LogP contribution in [0.5, 0.6) is 0 Å². The molecule has 2 amide bonds. The first-order chi connectivity index (χ1) is 13.9. The van der Waals surface area contributed by atoms with E-state index in [0.29, 0.717) is 22.8 Å². The Morgan fingerprint density at radius 1 is 1.40 bits per heavy atom. The predicted molar refractivity (Wildman–Crippen MR) is 101 cm³/mol. The average molecular weight is 436 g/mol. The molecule has 2 aromatic heterocycles. The van der Waals surface area contributed by atoms with Gasteiger partial charge in [0, 0.05) is 28.8 Å². The molecule has 0 aliphatic carbocycles. The Balaban J connectivity index is 0.00000256. The van der Waals surface area contributed by atoms with Gasteiger partial charge in [0.1, 0.15) is 6.61 Å². The first kappa shape index (κ1) is 22.4. The molecule has 1 N–H and O–H groups in total. The summed E-state index contributed by atoms with van der Waals surface area (Å²) >= 11 is 1.23. The second-order valence-electron chi connectivity index (χ2n) is 7.20. The maximum Gasteiger partial charge on any atom is 1.00 e. The summed E-state index contributed by atoms with van der Waals surface area (Å²) in [4.78, 5) is 45.8. The van der Waals surface area contributed by atoms with Crippen LogP contribution in [0.4, 0.5) is 9.93 Å². The first-order valence-electron chi connectivity index (χ1n) is 8.88. The SMILES string of the molecule is C[C@@]1(COC(=O)Nc2nccs2)CC2/C(=C\c3ccccn3)C(=O)N2[C@H]1C(=O)[O-].[Na+]. The molecule has 1 unspecified atom stereocenters. The van der Waals surface area contributed by atoms with E-state index < -0.39 is 23.5 Å². The van der Waals surface area contributed by atoms with Crippen LogP contribution in [0.1, 0.15) is 19.0 Å². The molecular formula is C19H17N4NaO5S. The molecular weight excluding hydrogens is 419 g/mol. The fourth-order valence-corrected chi connectivity index (χ4v) is 4.38. The minimum Gasteiger partial charge on any atom is -0.548 e. The third kappa shape index (κ3) is 4.13. The van der Waals surface area contributed by atoms with Crippen LogP contribution in [0, 0.1) is 5.41 Å². The summed E-state index contributed by atoms with van der Waals surface area (Å²) in [6.45, 7) is 1.49. The topological polar surface area (TPSA) is 125 Å². The van der Waals surface area contributed by atoms with E-state index in [4.69, 9.17) is 4.74 Å². The number of nitrogens with zero attached hydrogens (tertiary/aromatic N) is 3. The minimum absolute atomic E-state index is 0. The summed E-state index contributed by atoms with van der Waals surface area (Å²) in [5, 5.41) is 16.4. The molecule has 0 radical (unpaired) electrons. The van der Waals surface area contributed by atoms with E-state index >= 15 is 0 Å². The normalized spacial score (nSPS) is 25.8. The molecule has 11 heteroatoms. The van der Waals surface area contributed by atoms with Crippen LogP contribution in [0.25, 0.3) is 6.08 Å². The Hall–Kier alpha value is -2.27. The van der Waals surface area contributed by atoms with Crippen LogP contribution in [0.3, 0.4) is 0 Å². The monoisotopic (exact) mass is 436 g/mol. The molecule has 0 saturated carbocycles. The summed E-state index contributed by atoms with van der Waals surface area (Å²) in [6, 6.07) is 3.76. The van der Waals surface area contributed by atoms with Crippen molar-refractivity contribution in [1.29, 1.82) is 0 Å². The number of aliphatic carboxylic acids is 1. The number of fused-ring (bicyclic) bond motifs is 1. The Morgan fingerprint density at radius 2 is 2.20 bits per heavy atom. The number of thiazole rings is 1. The second-order valence-corrected chi connectivity index (χ2v) is 8.10. The van der Waals surface area contributed by atoms with Gasteiger partial charge in [0.25, 0.3) is 5.91 Å². The molecule has 4 rings (SSSR count). The van der Waals surface area contributed by atoms with E-state index in [2.05, 4.69) is 15.3 Å². The number of β-lactam (4-membered cyclic amide) rings is 1. The largest absolute Gasteiger partial charge is 1.00 e. The molecule has 9 nitrogen and oxygen atoms in total. The van der Waals surface area contributed by atoms with Crippen LogP contribution >= 0.6 is 11.3 Å². The van der Waals surface area contributed by atoms with E-state index in [9.17, 15) is 19.5 Å². The van der Waals surface area contributed by atoms with Gasteiger partial charge in [0.05, 0.1) is 23.7 Å². The van der Waals surface area contributed by atoms with Gasteiger partial charge in [0.15, 0.2) is 5.13 Å². The maximum atomic E-state index is 12.6. The van der Waals surface area contributed by atoms with Crippen LogP contribution in [-0.4, -0.2) is 51.5 Å². The quantitative estimate of drug-likeness (QED) is 0.324. The molecule has 4 heterocycles. The number of nitrogens with one attached hydrogen (secondary N) is 1. The number of amides is 2. The second kappa shape index (κ2) is 8.84. The van der Waals surface area contributed by atoms with Crippen molar-refractivity contribution in [3.05, 3.63) is 47.2 Å². The van der Waals surface area contributed by atoms with Gasteiger partial charge >= 0.3 is 35.7 Å². The molecule has 0 aromatic carbocycles. The van der Waals surface area contributed by atoms with Crippen LogP contribution < -0.4 is 40.0 Å². The summed E-state index contributed by atoms with van der Waals surface area (Å²) < 4.78 is 5.25. The Bertz CT molecular complexity index is 984. The van der Waals surface area contributed by atoms with Crippen molar-refractivity contribution < 1.29 is 53.8 Å². The van der Waals surface area contributed by atoms with Gasteiger partial charge in [-0.05, 0) is 24.6 Å². The van der Waals surface area contributed by atoms with Crippen molar-refractivity contribution in [1.82, 2.24) is 14.9 Å². The number of hydrogen-bond acceptors (Lipinski definition) is 8. The molecule has 3 atom stereocenters. The Morgan fingerprint density at radius 3 is 2.83 bits per heavy atom. The van der Waals surface area contributed by atoms with Gasteiger partial charge in [-0.2, -0.15) is 0 Å². The number of hydrogen-bond donors (Lipinski definition) is 1. The number of rotatable bonds is 5. The Labute approximate surface area is 198 Å². The standard InChI is InChI=1S/C19H18N4O5S.Na/c1-19(10-28-18(27)22-17-21-6-7-29-17)9-13-12(8-11-4-2-3-5-20-11)15(24)23(13)14(19)16(25)26;/h2-8,13-14H,9-10H2,1H3,(H,25,26)(H,21,22,27);/q;+1/p-1/b12-8+;/t13?,14-,19-;/m0./s1. The zero-order valence-corrected chi connectivity index (χ0v) is 19.2. The molecule has 2 aromatic rings. The molecule has 30 heavy (non-hydrogen) atoms. The van der Waals surface area contributed by atoms with Crippen LogP contribution in [-0.2, 0) is 14.3 Å². The van der Waals surface area contributed by atoms with Crippen molar-refractivity contribution in [3.8, 4) is 0 Å². The predicted octanol–water partition coefficient (Wildman–Crippen LogP) is -2.09. The molecule has 2 saturated heterocycles. The summed E-state index contributed by atoms with van der Waals surface area (Å²) in [5.74, 6) is -1.74. The van der Waals surface area contributed by atoms with Gasteiger partial charge in [-0.1, -0.05) is 13.0 Å². The Kier molecular flexibility index (Phi) is 6.61. The number of ether oxygens (including phenoxy) is 1. The van der Waals surface area contributed by atoms with E-state index in [1.807, 2.05) is 0 Å². The van der Waals surface area contributed by atoms with Crippen molar-refractivity contribution in [2.45, 2.75) is 25.4 Å². The maximum absolute atomic E-state index is 12.6. The fourth-order valence-electron chi connectivity index (χ4n) is 3.86. The first-order valence-corrected chi connectivity index (χ1v) is 9.76. The zero-order valence-electron chi connectivity index (χ0n) is 16.4. The molecule has 0 spiro atoms. The van der Waals surface area contributed by atoms with Crippen LogP contribution in [0.2, 0.25) is 0 Å². The number of carbonyl (C=O) groups is 3. The van der Waals surface area contributed by atoms with Crippen molar-refractivity contribution >= 4 is 40.5 Å². The van der Waals surface area contributed by atoms with E-state index in [-0.39, 0.29) is 48.1 Å². The summed E-state index contributed by atoms with van der Waals surface area (Å²) in [6.07, 6.45) is 4.42. The van der Waals surface area contributed by atoms with Crippen molar-refractivity contribution in [2.24, 2.45) is 5.41 Å². The van der Waals surface area contributed by atoms with Crippen molar-refractivity contribution in [2.75, 3.05) is 11.9 Å². The smallest absolute Gasteiger partial charge is 0.548 e. The molecule has 2 aliphatic heterocycles. The number of carbonyl (C=O) groups excluding carboxylic acids is 3.